The quantitative estimate of drug-likeness (QED) is 0.0684. The van der Waals surface area contributed by atoms with Gasteiger partial charge in [0.05, 0.1) is 0 Å². The molecule has 0 aliphatic heterocycles. The van der Waals surface area contributed by atoms with Crippen molar-refractivity contribution in [3.05, 3.63) is 283 Å². The molecule has 0 heterocycles. The van der Waals surface area contributed by atoms with E-state index in [-0.39, 0.29) is 10.8 Å². The maximum Gasteiger partial charge on any atom is 0.179 e. The van der Waals surface area contributed by atoms with Gasteiger partial charge >= 0.3 is 0 Å². The smallest absolute Gasteiger partial charge is 0.179 e. The lowest BCUT2D eigenvalue weighted by Gasteiger charge is -2.36. The van der Waals surface area contributed by atoms with Gasteiger partial charge in [0.15, 0.2) is 8.07 Å². The van der Waals surface area contributed by atoms with E-state index < -0.39 is 8.07 Å². The van der Waals surface area contributed by atoms with E-state index in [1.807, 2.05) is 6.08 Å². The minimum absolute atomic E-state index is 0.0829. The van der Waals surface area contributed by atoms with Crippen molar-refractivity contribution >= 4 is 57.3 Å². The summed E-state index contributed by atoms with van der Waals surface area (Å²) in [7, 11) is -3.11. The standard InChI is InChI=1S/C67H58N2Si/c1-7-9-25-48(8-2)68(52-40-42-64-60(46-52)58-36-19-21-38-62(58)66(64,3)4)50-28-23-34-56(44-50)70(54-30-15-11-16-31-54,55-32-17-12-18-33-55)57-35-24-29-51(45-57)69(49-26-13-10-14-27-49)53-41-43-65-61(47-53)59-37-20-22-39-63(59)67(65,5)6/h7-47H,2H2,1,3-6H3/b9-7-,48-25+. The molecule has 2 aliphatic carbocycles. The topological polar surface area (TPSA) is 6.48 Å². The van der Waals surface area contributed by atoms with Gasteiger partial charge in [0.2, 0.25) is 0 Å². The molecule has 0 aromatic heterocycles. The van der Waals surface area contributed by atoms with E-state index in [9.17, 15) is 0 Å². The Kier molecular flexibility index (Phi) is 11.3. The van der Waals surface area contributed by atoms with Crippen LogP contribution in [0.2, 0.25) is 0 Å². The van der Waals surface area contributed by atoms with E-state index in [2.05, 4.69) is 294 Å². The predicted octanol–water partition coefficient (Wildman–Crippen LogP) is 14.9. The van der Waals surface area contributed by atoms with Crippen molar-refractivity contribution in [1.82, 2.24) is 0 Å². The van der Waals surface area contributed by atoms with E-state index >= 15 is 0 Å². The van der Waals surface area contributed by atoms with Crippen LogP contribution < -0.4 is 30.5 Å². The van der Waals surface area contributed by atoms with Gasteiger partial charge in [0, 0.05) is 45.0 Å². The van der Waals surface area contributed by atoms with Crippen molar-refractivity contribution in [2.45, 2.75) is 45.4 Å². The SMILES string of the molecule is C=C/C(=C\C=C/C)N(c1cccc([Si](c2ccccc2)(c2ccccc2)c2cccc(N(c3ccccc3)c3ccc4c(c3)-c3ccccc3C4(C)C)c2)c1)c1ccc2c(c1)-c1ccccc1C2(C)C. The second-order valence-corrected chi connectivity index (χ2v) is 23.5. The third-order valence-corrected chi connectivity index (χ3v) is 19.8. The highest BCUT2D eigenvalue weighted by atomic mass is 28.3. The lowest BCUT2D eigenvalue weighted by atomic mass is 9.82. The van der Waals surface area contributed by atoms with Gasteiger partial charge in [-0.3, -0.25) is 0 Å². The second-order valence-electron chi connectivity index (χ2n) is 19.7. The monoisotopic (exact) mass is 918 g/mol. The van der Waals surface area contributed by atoms with Crippen LogP contribution in [0, 0.1) is 0 Å². The fourth-order valence-corrected chi connectivity index (χ4v) is 16.5. The summed E-state index contributed by atoms with van der Waals surface area (Å²) in [5, 5.41) is 5.21. The van der Waals surface area contributed by atoms with Crippen molar-refractivity contribution in [3.63, 3.8) is 0 Å². The van der Waals surface area contributed by atoms with Crippen LogP contribution in [0.15, 0.2) is 261 Å². The molecule has 0 saturated carbocycles. The Hall–Kier alpha value is -7.98. The summed E-state index contributed by atoms with van der Waals surface area (Å²) in [6, 6.07) is 84.1. The highest BCUT2D eigenvalue weighted by Gasteiger charge is 2.43. The third kappa shape index (κ3) is 7.23. The number of hydrogen-bond donors (Lipinski definition) is 0. The van der Waals surface area contributed by atoms with Crippen molar-refractivity contribution in [2.24, 2.45) is 0 Å². The molecule has 2 aliphatic rings. The lowest BCUT2D eigenvalue weighted by molar-refractivity contribution is 0.660. The number of rotatable bonds is 12. The number of anilines is 5. The average molecular weight is 919 g/mol. The van der Waals surface area contributed by atoms with Gasteiger partial charge in [-0.25, -0.2) is 0 Å². The van der Waals surface area contributed by atoms with Crippen LogP contribution >= 0.6 is 0 Å². The molecule has 70 heavy (non-hydrogen) atoms. The lowest BCUT2D eigenvalue weighted by Crippen LogP contribution is -2.74. The molecule has 0 amide bonds. The molecule has 9 aromatic carbocycles. The number of allylic oxidation sites excluding steroid dienone is 4. The van der Waals surface area contributed by atoms with E-state index in [4.69, 9.17) is 0 Å². The van der Waals surface area contributed by atoms with E-state index in [0.29, 0.717) is 0 Å². The van der Waals surface area contributed by atoms with Crippen LogP contribution in [0.3, 0.4) is 0 Å². The van der Waals surface area contributed by atoms with E-state index in [1.54, 1.807) is 0 Å². The summed E-state index contributed by atoms with van der Waals surface area (Å²) in [4.78, 5) is 4.83. The van der Waals surface area contributed by atoms with Gasteiger partial charge < -0.3 is 9.80 Å². The zero-order valence-electron chi connectivity index (χ0n) is 40.8. The first-order chi connectivity index (χ1) is 34.2. The molecule has 0 spiro atoms. The molecular formula is C67H58N2Si. The predicted molar refractivity (Wildman–Crippen MR) is 302 cm³/mol. The Morgan fingerprint density at radius 3 is 1.34 bits per heavy atom. The Morgan fingerprint density at radius 1 is 0.400 bits per heavy atom. The van der Waals surface area contributed by atoms with E-state index in [0.717, 1.165) is 34.1 Å². The fraction of sp³-hybridized carbons (Fsp3) is 0.104. The first-order valence-electron chi connectivity index (χ1n) is 24.6. The normalized spacial score (nSPS) is 14.1. The van der Waals surface area contributed by atoms with Crippen LogP contribution in [0.25, 0.3) is 22.3 Å². The molecule has 0 bridgehead atoms. The summed E-state index contributed by atoms with van der Waals surface area (Å²) in [5.74, 6) is 0. The summed E-state index contributed by atoms with van der Waals surface area (Å²) in [5.41, 5.74) is 17.0. The van der Waals surface area contributed by atoms with Crippen LogP contribution in [0.1, 0.15) is 56.9 Å². The molecule has 3 heteroatoms. The van der Waals surface area contributed by atoms with Gasteiger partial charge in [-0.2, -0.15) is 0 Å². The molecular weight excluding hydrogens is 861 g/mol. The Bertz CT molecular complexity index is 3430. The number of benzene rings is 9. The first-order valence-corrected chi connectivity index (χ1v) is 26.6. The number of fused-ring (bicyclic) bond motifs is 6. The first kappa shape index (κ1) is 44.5. The molecule has 9 aromatic rings. The summed E-state index contributed by atoms with van der Waals surface area (Å²) in [6.07, 6.45) is 8.34. The number of nitrogens with zero attached hydrogens (tertiary/aromatic N) is 2. The summed E-state index contributed by atoms with van der Waals surface area (Å²) >= 11 is 0. The van der Waals surface area contributed by atoms with Crippen LogP contribution in [-0.2, 0) is 10.8 Å². The molecule has 11 rings (SSSR count). The van der Waals surface area contributed by atoms with Crippen molar-refractivity contribution in [3.8, 4) is 22.3 Å². The van der Waals surface area contributed by atoms with Crippen molar-refractivity contribution in [2.75, 3.05) is 9.80 Å². The largest absolute Gasteiger partial charge is 0.311 e. The molecule has 2 nitrogen and oxygen atoms in total. The van der Waals surface area contributed by atoms with Gasteiger partial charge in [0.1, 0.15) is 0 Å². The van der Waals surface area contributed by atoms with Crippen LogP contribution in [0.4, 0.5) is 28.4 Å². The van der Waals surface area contributed by atoms with Gasteiger partial charge in [0.25, 0.3) is 0 Å². The average Bonchev–Trinajstić information content (AvgIpc) is 3.77. The minimum atomic E-state index is -3.11. The maximum absolute atomic E-state index is 4.40. The highest BCUT2D eigenvalue weighted by Crippen LogP contribution is 2.52. The van der Waals surface area contributed by atoms with Crippen molar-refractivity contribution < 1.29 is 0 Å². The van der Waals surface area contributed by atoms with Gasteiger partial charge in [-0.1, -0.05) is 210 Å². The molecule has 0 radical (unpaired) electrons. The van der Waals surface area contributed by atoms with Crippen LogP contribution in [0.5, 0.6) is 0 Å². The zero-order valence-corrected chi connectivity index (χ0v) is 41.8. The Balaban J connectivity index is 1.13. The summed E-state index contributed by atoms with van der Waals surface area (Å²) in [6.45, 7) is 15.9. The second kappa shape index (κ2) is 17.8. The zero-order chi connectivity index (χ0) is 48.0. The molecule has 0 N–H and O–H groups in total. The fourth-order valence-electron chi connectivity index (χ4n) is 11.7. The molecule has 0 atom stereocenters. The third-order valence-electron chi connectivity index (χ3n) is 15.1. The van der Waals surface area contributed by atoms with Crippen molar-refractivity contribution in [1.29, 1.82) is 0 Å². The Labute approximate surface area is 415 Å². The molecule has 0 fully saturated rings. The van der Waals surface area contributed by atoms with Crippen LogP contribution in [-0.4, -0.2) is 8.07 Å². The highest BCUT2D eigenvalue weighted by molar-refractivity contribution is 7.20. The molecule has 340 valence electrons. The Morgan fingerprint density at radius 2 is 0.800 bits per heavy atom. The molecule has 0 saturated heterocycles. The molecule has 0 unspecified atom stereocenters. The van der Waals surface area contributed by atoms with Gasteiger partial charge in [-0.15, -0.1) is 0 Å². The minimum Gasteiger partial charge on any atom is -0.311 e. The number of para-hydroxylation sites is 1. The number of hydrogen-bond acceptors (Lipinski definition) is 2. The summed E-state index contributed by atoms with van der Waals surface area (Å²) < 4.78 is 0. The van der Waals surface area contributed by atoms with E-state index in [1.165, 1.54) is 65.3 Å². The van der Waals surface area contributed by atoms with Gasteiger partial charge in [-0.05, 0) is 145 Å². The maximum atomic E-state index is 4.40.